The van der Waals surface area contributed by atoms with Crippen LogP contribution in [-0.4, -0.2) is 28.5 Å². The molecule has 0 spiro atoms. The molecule has 31 heavy (non-hydrogen) atoms. The molecular weight excluding hydrogens is 392 g/mol. The van der Waals surface area contributed by atoms with E-state index in [-0.39, 0.29) is 23.8 Å². The molecule has 0 atom stereocenters. The van der Waals surface area contributed by atoms with Crippen molar-refractivity contribution in [1.82, 2.24) is 28.5 Å². The Morgan fingerprint density at radius 3 is 2.29 bits per heavy atom. The van der Waals surface area contributed by atoms with E-state index in [1.807, 2.05) is 70.4 Å². The second-order valence-corrected chi connectivity index (χ2v) is 8.41. The molecule has 0 bridgehead atoms. The molecule has 4 rings (SSSR count). The Kier molecular flexibility index (Phi) is 4.95. The zero-order valence-corrected chi connectivity index (χ0v) is 19.1. The van der Waals surface area contributed by atoms with Crippen molar-refractivity contribution in [3.8, 4) is 5.95 Å². The average Bonchev–Trinajstić information content (AvgIpc) is 3.25. The molecule has 0 fully saturated rings. The maximum absolute atomic E-state index is 13.6. The molecule has 0 aliphatic rings. The number of nitrogens with zero attached hydrogens (tertiary/aromatic N) is 6. The largest absolute Gasteiger partial charge is 0.332 e. The minimum absolute atomic E-state index is 0.0543. The number of aryl methyl sites for hydroxylation is 3. The van der Waals surface area contributed by atoms with Crippen LogP contribution < -0.4 is 11.2 Å². The Balaban J connectivity index is 2.06. The molecule has 162 valence electrons. The quantitative estimate of drug-likeness (QED) is 0.508. The van der Waals surface area contributed by atoms with Gasteiger partial charge in [-0.05, 0) is 58.2 Å². The third-order valence-electron chi connectivity index (χ3n) is 6.11. The topological polar surface area (TPSA) is 79.6 Å². The Bertz CT molecular complexity index is 1430. The Morgan fingerprint density at radius 1 is 1.03 bits per heavy atom. The SMILES string of the molecule is Cc1ccccc1Cn1c(=O)c2c(nc(-n3nc(C)c(C)c3C)n2C(C)C)n(C)c1=O. The van der Waals surface area contributed by atoms with Crippen molar-refractivity contribution in [3.05, 3.63) is 73.2 Å². The molecule has 0 N–H and O–H groups in total. The van der Waals surface area contributed by atoms with Gasteiger partial charge in [-0.25, -0.2) is 9.48 Å². The van der Waals surface area contributed by atoms with Crippen LogP contribution in [0, 0.1) is 27.7 Å². The maximum Gasteiger partial charge on any atom is 0.332 e. The van der Waals surface area contributed by atoms with Gasteiger partial charge in [-0.3, -0.25) is 18.5 Å². The maximum atomic E-state index is 13.6. The summed E-state index contributed by atoms with van der Waals surface area (Å²) in [5.74, 6) is 0.541. The third-order valence-corrected chi connectivity index (χ3v) is 6.11. The lowest BCUT2D eigenvalue weighted by Gasteiger charge is -2.14. The van der Waals surface area contributed by atoms with Crippen molar-refractivity contribution < 1.29 is 0 Å². The Labute approximate surface area is 180 Å². The number of aromatic nitrogens is 6. The summed E-state index contributed by atoms with van der Waals surface area (Å²) in [5.41, 5.74) is 4.96. The van der Waals surface area contributed by atoms with Gasteiger partial charge in [0.15, 0.2) is 11.2 Å². The zero-order valence-electron chi connectivity index (χ0n) is 19.1. The summed E-state index contributed by atoms with van der Waals surface area (Å²) in [7, 11) is 1.66. The van der Waals surface area contributed by atoms with Crippen LogP contribution in [0.25, 0.3) is 17.1 Å². The molecule has 8 heteroatoms. The van der Waals surface area contributed by atoms with Crippen LogP contribution in [-0.2, 0) is 13.6 Å². The first-order valence-electron chi connectivity index (χ1n) is 10.4. The molecule has 3 heterocycles. The second kappa shape index (κ2) is 7.37. The zero-order chi connectivity index (χ0) is 22.6. The van der Waals surface area contributed by atoms with Gasteiger partial charge in [0.2, 0.25) is 5.95 Å². The van der Waals surface area contributed by atoms with Gasteiger partial charge in [0.1, 0.15) is 0 Å². The predicted octanol–water partition coefficient (Wildman–Crippen LogP) is 2.95. The summed E-state index contributed by atoms with van der Waals surface area (Å²) in [6, 6.07) is 7.72. The van der Waals surface area contributed by atoms with Crippen LogP contribution in [0.3, 0.4) is 0 Å². The number of hydrogen-bond donors (Lipinski definition) is 0. The summed E-state index contributed by atoms with van der Waals surface area (Å²) >= 11 is 0. The lowest BCUT2D eigenvalue weighted by atomic mass is 10.1. The summed E-state index contributed by atoms with van der Waals surface area (Å²) in [6.45, 7) is 12.1. The first-order valence-corrected chi connectivity index (χ1v) is 10.4. The van der Waals surface area contributed by atoms with Crippen molar-refractivity contribution in [2.45, 2.75) is 54.1 Å². The van der Waals surface area contributed by atoms with Crippen LogP contribution in [0.1, 0.15) is 48.0 Å². The molecule has 0 aliphatic carbocycles. The predicted molar refractivity (Wildman–Crippen MR) is 121 cm³/mol. The van der Waals surface area contributed by atoms with Crippen molar-refractivity contribution >= 4 is 11.2 Å². The van der Waals surface area contributed by atoms with E-state index < -0.39 is 0 Å². The molecule has 0 saturated heterocycles. The highest BCUT2D eigenvalue weighted by Gasteiger charge is 2.24. The van der Waals surface area contributed by atoms with Gasteiger partial charge in [0.25, 0.3) is 5.56 Å². The summed E-state index contributed by atoms with van der Waals surface area (Å²) in [6.07, 6.45) is 0. The van der Waals surface area contributed by atoms with Crippen molar-refractivity contribution in [1.29, 1.82) is 0 Å². The average molecular weight is 421 g/mol. The van der Waals surface area contributed by atoms with Crippen LogP contribution in [0.5, 0.6) is 0 Å². The molecule has 8 nitrogen and oxygen atoms in total. The van der Waals surface area contributed by atoms with Gasteiger partial charge in [0, 0.05) is 18.8 Å². The molecule has 3 aromatic heterocycles. The van der Waals surface area contributed by atoms with Gasteiger partial charge in [0.05, 0.1) is 12.2 Å². The van der Waals surface area contributed by atoms with E-state index in [2.05, 4.69) is 5.10 Å². The van der Waals surface area contributed by atoms with Gasteiger partial charge in [-0.1, -0.05) is 24.3 Å². The van der Waals surface area contributed by atoms with E-state index in [4.69, 9.17) is 4.98 Å². The minimum Gasteiger partial charge on any atom is -0.300 e. The van der Waals surface area contributed by atoms with E-state index in [0.717, 1.165) is 28.1 Å². The molecule has 1 aromatic carbocycles. The summed E-state index contributed by atoms with van der Waals surface area (Å²) in [5, 5.41) is 4.64. The number of imidazole rings is 1. The normalized spacial score (nSPS) is 11.7. The number of rotatable bonds is 4. The fourth-order valence-electron chi connectivity index (χ4n) is 3.98. The van der Waals surface area contributed by atoms with E-state index in [0.29, 0.717) is 17.1 Å². The van der Waals surface area contributed by atoms with Gasteiger partial charge in [-0.2, -0.15) is 10.1 Å². The summed E-state index contributed by atoms with van der Waals surface area (Å²) < 4.78 is 6.39. The van der Waals surface area contributed by atoms with Crippen LogP contribution >= 0.6 is 0 Å². The van der Waals surface area contributed by atoms with Gasteiger partial charge < -0.3 is 0 Å². The van der Waals surface area contributed by atoms with E-state index in [1.54, 1.807) is 11.7 Å². The molecule has 4 aromatic rings. The molecule has 0 aliphatic heterocycles. The number of fused-ring (bicyclic) bond motifs is 1. The lowest BCUT2D eigenvalue weighted by Crippen LogP contribution is -2.40. The molecular formula is C23H28N6O2. The number of hydrogen-bond acceptors (Lipinski definition) is 4. The molecule has 0 saturated carbocycles. The fourth-order valence-corrected chi connectivity index (χ4v) is 3.98. The first-order chi connectivity index (χ1) is 14.6. The second-order valence-electron chi connectivity index (χ2n) is 8.41. The Hall–Kier alpha value is -3.42. The molecule has 0 amide bonds. The van der Waals surface area contributed by atoms with E-state index in [1.165, 1.54) is 9.13 Å². The summed E-state index contributed by atoms with van der Waals surface area (Å²) in [4.78, 5) is 31.4. The highest BCUT2D eigenvalue weighted by Crippen LogP contribution is 2.23. The van der Waals surface area contributed by atoms with Crippen LogP contribution in [0.15, 0.2) is 33.9 Å². The van der Waals surface area contributed by atoms with E-state index >= 15 is 0 Å². The third kappa shape index (κ3) is 3.13. The van der Waals surface area contributed by atoms with Crippen LogP contribution in [0.2, 0.25) is 0 Å². The highest BCUT2D eigenvalue weighted by molar-refractivity contribution is 5.73. The monoisotopic (exact) mass is 420 g/mol. The van der Waals surface area contributed by atoms with Crippen LogP contribution in [0.4, 0.5) is 0 Å². The fraction of sp³-hybridized carbons (Fsp3) is 0.391. The molecule has 0 radical (unpaired) electrons. The lowest BCUT2D eigenvalue weighted by molar-refractivity contribution is 0.577. The van der Waals surface area contributed by atoms with Crippen molar-refractivity contribution in [3.63, 3.8) is 0 Å². The standard InChI is InChI=1S/C23H28N6O2/c1-13(2)28-19-20(24-22(28)29-17(6)15(4)16(5)25-29)26(7)23(31)27(21(19)30)12-18-11-9-8-10-14(18)3/h8-11,13H,12H2,1-7H3. The molecule has 0 unspecified atom stereocenters. The van der Waals surface area contributed by atoms with Gasteiger partial charge >= 0.3 is 5.69 Å². The Morgan fingerprint density at radius 2 is 1.71 bits per heavy atom. The van der Waals surface area contributed by atoms with E-state index in [9.17, 15) is 9.59 Å². The van der Waals surface area contributed by atoms with Crippen molar-refractivity contribution in [2.24, 2.45) is 7.05 Å². The highest BCUT2D eigenvalue weighted by atomic mass is 16.2. The van der Waals surface area contributed by atoms with Gasteiger partial charge in [-0.15, -0.1) is 0 Å². The first kappa shape index (κ1) is 20.8. The van der Waals surface area contributed by atoms with Crippen molar-refractivity contribution in [2.75, 3.05) is 0 Å². The number of benzene rings is 1. The smallest absolute Gasteiger partial charge is 0.300 e. The minimum atomic E-state index is -0.384.